The lowest BCUT2D eigenvalue weighted by atomic mass is 10.1. The molecule has 0 aliphatic carbocycles. The van der Waals surface area contributed by atoms with Gasteiger partial charge >= 0.3 is 0 Å². The lowest BCUT2D eigenvalue weighted by Crippen LogP contribution is -2.26. The number of benzene rings is 1. The van der Waals surface area contributed by atoms with Crippen molar-refractivity contribution in [1.29, 1.82) is 0 Å². The Bertz CT molecular complexity index is 289. The zero-order chi connectivity index (χ0) is 10.0. The standard InChI is InChI=1S/C12H19N/c1-9(2)13(5)12-8-10(3)6-7-11(12)4/h6-9H,1-5H3. The SMILES string of the molecule is Cc1ccc(C)c(N(C)C(C)C)c1. The second-order valence-corrected chi connectivity index (χ2v) is 3.99. The van der Waals surface area contributed by atoms with Crippen LogP contribution in [0.15, 0.2) is 18.2 Å². The summed E-state index contributed by atoms with van der Waals surface area (Å²) in [6, 6.07) is 7.15. The van der Waals surface area contributed by atoms with Gasteiger partial charge in [0.25, 0.3) is 0 Å². The third kappa shape index (κ3) is 2.24. The average Bonchev–Trinajstić information content (AvgIpc) is 2.08. The summed E-state index contributed by atoms with van der Waals surface area (Å²) in [7, 11) is 2.15. The van der Waals surface area contributed by atoms with Gasteiger partial charge in [-0.25, -0.2) is 0 Å². The minimum absolute atomic E-state index is 0.556. The molecule has 1 rings (SSSR count). The molecule has 0 amide bonds. The van der Waals surface area contributed by atoms with Crippen molar-refractivity contribution in [1.82, 2.24) is 0 Å². The highest BCUT2D eigenvalue weighted by Gasteiger charge is 2.07. The van der Waals surface area contributed by atoms with Crippen molar-refractivity contribution in [3.05, 3.63) is 29.3 Å². The van der Waals surface area contributed by atoms with Crippen molar-refractivity contribution in [2.24, 2.45) is 0 Å². The van der Waals surface area contributed by atoms with E-state index in [9.17, 15) is 0 Å². The fourth-order valence-corrected chi connectivity index (χ4v) is 1.38. The van der Waals surface area contributed by atoms with Gasteiger partial charge in [0.2, 0.25) is 0 Å². The van der Waals surface area contributed by atoms with Crippen LogP contribution in [0, 0.1) is 13.8 Å². The zero-order valence-corrected chi connectivity index (χ0v) is 9.26. The van der Waals surface area contributed by atoms with Gasteiger partial charge in [-0.2, -0.15) is 0 Å². The Morgan fingerprint density at radius 1 is 1.15 bits per heavy atom. The molecule has 0 bridgehead atoms. The quantitative estimate of drug-likeness (QED) is 0.670. The molecule has 1 heteroatoms. The van der Waals surface area contributed by atoms with Crippen LogP contribution < -0.4 is 4.90 Å². The number of rotatable bonds is 2. The lowest BCUT2D eigenvalue weighted by molar-refractivity contribution is 0.752. The molecular formula is C12H19N. The van der Waals surface area contributed by atoms with Crippen LogP contribution in [0.2, 0.25) is 0 Å². The topological polar surface area (TPSA) is 3.24 Å². The predicted molar refractivity (Wildman–Crippen MR) is 59.5 cm³/mol. The lowest BCUT2D eigenvalue weighted by Gasteiger charge is -2.25. The van der Waals surface area contributed by atoms with Gasteiger partial charge in [0.05, 0.1) is 0 Å². The molecule has 0 spiro atoms. The maximum atomic E-state index is 2.31. The van der Waals surface area contributed by atoms with E-state index in [-0.39, 0.29) is 0 Å². The van der Waals surface area contributed by atoms with E-state index in [1.54, 1.807) is 0 Å². The Hall–Kier alpha value is -0.980. The molecule has 0 N–H and O–H groups in total. The summed E-state index contributed by atoms with van der Waals surface area (Å²) in [4.78, 5) is 2.31. The molecule has 0 aromatic heterocycles. The first kappa shape index (κ1) is 10.1. The van der Waals surface area contributed by atoms with E-state index in [0.29, 0.717) is 6.04 Å². The molecule has 0 saturated heterocycles. The Balaban J connectivity index is 3.05. The normalized spacial score (nSPS) is 10.6. The third-order valence-corrected chi connectivity index (χ3v) is 2.52. The highest BCUT2D eigenvalue weighted by Crippen LogP contribution is 2.21. The molecular weight excluding hydrogens is 158 g/mol. The Labute approximate surface area is 81.4 Å². The maximum absolute atomic E-state index is 2.31. The van der Waals surface area contributed by atoms with Crippen molar-refractivity contribution >= 4 is 5.69 Å². The largest absolute Gasteiger partial charge is 0.372 e. The smallest absolute Gasteiger partial charge is 0.0398 e. The van der Waals surface area contributed by atoms with Crippen molar-refractivity contribution in [2.45, 2.75) is 33.7 Å². The van der Waals surface area contributed by atoms with Gasteiger partial charge in [-0.3, -0.25) is 0 Å². The maximum Gasteiger partial charge on any atom is 0.0398 e. The summed E-state index contributed by atoms with van der Waals surface area (Å²) in [6.07, 6.45) is 0. The molecule has 1 aromatic rings. The molecule has 0 unspecified atom stereocenters. The van der Waals surface area contributed by atoms with E-state index in [2.05, 4.69) is 57.8 Å². The first-order chi connectivity index (χ1) is 6.02. The first-order valence-electron chi connectivity index (χ1n) is 4.82. The summed E-state index contributed by atoms with van der Waals surface area (Å²) in [5.74, 6) is 0. The number of anilines is 1. The van der Waals surface area contributed by atoms with Gasteiger partial charge in [0, 0.05) is 18.8 Å². The van der Waals surface area contributed by atoms with Crippen LogP contribution >= 0.6 is 0 Å². The Morgan fingerprint density at radius 3 is 2.31 bits per heavy atom. The van der Waals surface area contributed by atoms with Gasteiger partial charge < -0.3 is 4.90 Å². The molecule has 0 fully saturated rings. The second kappa shape index (κ2) is 3.82. The summed E-state index contributed by atoms with van der Waals surface area (Å²) in [6.45, 7) is 8.72. The van der Waals surface area contributed by atoms with Crippen molar-refractivity contribution in [2.75, 3.05) is 11.9 Å². The van der Waals surface area contributed by atoms with Crippen LogP contribution in [0.3, 0.4) is 0 Å². The highest BCUT2D eigenvalue weighted by atomic mass is 15.1. The van der Waals surface area contributed by atoms with Crippen LogP contribution in [0.4, 0.5) is 5.69 Å². The molecule has 0 aliphatic heterocycles. The molecule has 1 nitrogen and oxygen atoms in total. The minimum atomic E-state index is 0.556. The van der Waals surface area contributed by atoms with Gasteiger partial charge in [-0.1, -0.05) is 12.1 Å². The molecule has 0 aliphatic rings. The Morgan fingerprint density at radius 2 is 1.77 bits per heavy atom. The third-order valence-electron chi connectivity index (χ3n) is 2.52. The van der Waals surface area contributed by atoms with E-state index in [1.807, 2.05) is 0 Å². The van der Waals surface area contributed by atoms with E-state index < -0.39 is 0 Å². The van der Waals surface area contributed by atoms with Crippen molar-refractivity contribution in [3.8, 4) is 0 Å². The monoisotopic (exact) mass is 177 g/mol. The van der Waals surface area contributed by atoms with Gasteiger partial charge in [-0.05, 0) is 44.9 Å². The zero-order valence-electron chi connectivity index (χ0n) is 9.26. The summed E-state index contributed by atoms with van der Waals surface area (Å²) in [5.41, 5.74) is 4.02. The number of nitrogens with zero attached hydrogens (tertiary/aromatic N) is 1. The van der Waals surface area contributed by atoms with Crippen LogP contribution in [0.5, 0.6) is 0 Å². The number of hydrogen-bond acceptors (Lipinski definition) is 1. The summed E-state index contributed by atoms with van der Waals surface area (Å²) < 4.78 is 0. The molecule has 1 aromatic carbocycles. The van der Waals surface area contributed by atoms with E-state index >= 15 is 0 Å². The predicted octanol–water partition coefficient (Wildman–Crippen LogP) is 3.15. The van der Waals surface area contributed by atoms with Gasteiger partial charge in [0.15, 0.2) is 0 Å². The van der Waals surface area contributed by atoms with Gasteiger partial charge in [-0.15, -0.1) is 0 Å². The van der Waals surface area contributed by atoms with Crippen LogP contribution in [0.1, 0.15) is 25.0 Å². The van der Waals surface area contributed by atoms with Crippen LogP contribution in [-0.2, 0) is 0 Å². The number of aryl methyl sites for hydroxylation is 2. The van der Waals surface area contributed by atoms with E-state index in [4.69, 9.17) is 0 Å². The highest BCUT2D eigenvalue weighted by molar-refractivity contribution is 5.54. The molecule has 72 valence electrons. The van der Waals surface area contributed by atoms with Crippen molar-refractivity contribution in [3.63, 3.8) is 0 Å². The number of hydrogen-bond donors (Lipinski definition) is 0. The molecule has 13 heavy (non-hydrogen) atoms. The minimum Gasteiger partial charge on any atom is -0.372 e. The summed E-state index contributed by atoms with van der Waals surface area (Å²) >= 11 is 0. The fraction of sp³-hybridized carbons (Fsp3) is 0.500. The first-order valence-corrected chi connectivity index (χ1v) is 4.82. The Kier molecular flexibility index (Phi) is 2.97. The molecule has 0 atom stereocenters. The fourth-order valence-electron chi connectivity index (χ4n) is 1.38. The van der Waals surface area contributed by atoms with E-state index in [1.165, 1.54) is 16.8 Å². The van der Waals surface area contributed by atoms with Crippen LogP contribution in [-0.4, -0.2) is 13.1 Å². The van der Waals surface area contributed by atoms with E-state index in [0.717, 1.165) is 0 Å². The van der Waals surface area contributed by atoms with Gasteiger partial charge in [0.1, 0.15) is 0 Å². The second-order valence-electron chi connectivity index (χ2n) is 3.99. The summed E-state index contributed by atoms with van der Waals surface area (Å²) in [5, 5.41) is 0. The molecule has 0 saturated carbocycles. The van der Waals surface area contributed by atoms with Crippen LogP contribution in [0.25, 0.3) is 0 Å². The average molecular weight is 177 g/mol. The van der Waals surface area contributed by atoms with Crippen molar-refractivity contribution < 1.29 is 0 Å². The molecule has 0 radical (unpaired) electrons. The molecule has 0 heterocycles.